The monoisotopic (exact) mass is 509 g/mol. The molecule has 6 rings (SSSR count). The molecule has 202 valence electrons. The summed E-state index contributed by atoms with van der Waals surface area (Å²) in [7, 11) is 5.74. The minimum atomic E-state index is -1.15. The number of hydrogen-bond donors (Lipinski definition) is 2. The first-order valence-electron chi connectivity index (χ1n) is 14.1. The van der Waals surface area contributed by atoms with Crippen molar-refractivity contribution in [3.8, 4) is 0 Å². The highest BCUT2D eigenvalue weighted by atomic mass is 16.7. The Hall–Kier alpha value is -1.70. The van der Waals surface area contributed by atoms with Crippen LogP contribution in [0.3, 0.4) is 0 Å². The van der Waals surface area contributed by atoms with Crippen molar-refractivity contribution in [1.82, 2.24) is 0 Å². The summed E-state index contributed by atoms with van der Waals surface area (Å²) in [5, 5.41) is 23.2. The molecule has 1 heterocycles. The molecular weight excluding hydrogens is 466 g/mol. The van der Waals surface area contributed by atoms with Gasteiger partial charge in [-0.3, -0.25) is 0 Å². The quantitative estimate of drug-likeness (QED) is 0.606. The topological polar surface area (TPSA) is 71.4 Å². The van der Waals surface area contributed by atoms with Gasteiger partial charge in [0.2, 0.25) is 0 Å². The highest BCUT2D eigenvalue weighted by Crippen LogP contribution is 2.67. The van der Waals surface area contributed by atoms with Crippen molar-refractivity contribution >= 4 is 5.69 Å². The van der Waals surface area contributed by atoms with E-state index in [1.54, 1.807) is 12.7 Å². The van der Waals surface area contributed by atoms with Crippen molar-refractivity contribution in [3.05, 3.63) is 52.6 Å². The van der Waals surface area contributed by atoms with E-state index in [2.05, 4.69) is 56.3 Å². The van der Waals surface area contributed by atoms with Crippen LogP contribution in [0.25, 0.3) is 0 Å². The molecule has 6 atom stereocenters. The van der Waals surface area contributed by atoms with Crippen LogP contribution in [0.15, 0.2) is 47.1 Å². The van der Waals surface area contributed by atoms with Crippen LogP contribution >= 0.6 is 0 Å². The summed E-state index contributed by atoms with van der Waals surface area (Å²) in [6.45, 7) is 3.74. The molecule has 6 nitrogen and oxygen atoms in total. The van der Waals surface area contributed by atoms with Crippen LogP contribution in [-0.4, -0.2) is 68.7 Å². The summed E-state index contributed by atoms with van der Waals surface area (Å²) >= 11 is 0. The molecule has 2 N–H and O–H groups in total. The van der Waals surface area contributed by atoms with Crippen LogP contribution in [0.1, 0.15) is 63.4 Å². The summed E-state index contributed by atoms with van der Waals surface area (Å²) in [4.78, 5) is 2.13. The smallest absolute Gasteiger partial charge is 0.188 e. The normalized spacial score (nSPS) is 37.1. The van der Waals surface area contributed by atoms with Crippen LogP contribution in [-0.2, 0) is 14.2 Å². The number of ether oxygens (including phenoxy) is 3. The van der Waals surface area contributed by atoms with Gasteiger partial charge < -0.3 is 29.3 Å². The van der Waals surface area contributed by atoms with Crippen molar-refractivity contribution in [2.45, 2.75) is 75.3 Å². The van der Waals surface area contributed by atoms with Crippen molar-refractivity contribution < 1.29 is 24.4 Å². The van der Waals surface area contributed by atoms with Gasteiger partial charge in [-0.05, 0) is 85.3 Å². The Morgan fingerprint density at radius 3 is 2.49 bits per heavy atom. The largest absolute Gasteiger partial charge is 0.388 e. The number of nitrogens with zero attached hydrogens (tertiary/aromatic N) is 1. The third-order valence-corrected chi connectivity index (χ3v) is 10.6. The molecule has 6 heteroatoms. The molecule has 1 aromatic carbocycles. The van der Waals surface area contributed by atoms with Crippen LogP contribution in [0, 0.1) is 17.3 Å². The average molecular weight is 510 g/mol. The maximum absolute atomic E-state index is 12.1. The van der Waals surface area contributed by atoms with E-state index < -0.39 is 17.5 Å². The Morgan fingerprint density at radius 1 is 1.08 bits per heavy atom. The van der Waals surface area contributed by atoms with Gasteiger partial charge in [-0.1, -0.05) is 24.6 Å². The minimum Gasteiger partial charge on any atom is -0.388 e. The Labute approximate surface area is 221 Å². The number of anilines is 1. The number of rotatable bonds is 5. The van der Waals surface area contributed by atoms with Crippen LogP contribution in [0.4, 0.5) is 5.69 Å². The van der Waals surface area contributed by atoms with Gasteiger partial charge in [0.25, 0.3) is 0 Å². The number of hydrogen-bond acceptors (Lipinski definition) is 6. The number of fused-ring (bicyclic) bond motifs is 4. The van der Waals surface area contributed by atoms with Crippen molar-refractivity contribution in [3.63, 3.8) is 0 Å². The molecule has 3 unspecified atom stereocenters. The highest BCUT2D eigenvalue weighted by Gasteiger charge is 2.65. The maximum Gasteiger partial charge on any atom is 0.188 e. The van der Waals surface area contributed by atoms with E-state index in [1.165, 1.54) is 22.4 Å². The molecule has 3 fully saturated rings. The fraction of sp³-hybridized carbons (Fsp3) is 0.677. The first kappa shape index (κ1) is 25.6. The van der Waals surface area contributed by atoms with Gasteiger partial charge in [0, 0.05) is 44.6 Å². The van der Waals surface area contributed by atoms with Crippen LogP contribution in [0.2, 0.25) is 0 Å². The lowest BCUT2D eigenvalue weighted by molar-refractivity contribution is -0.173. The molecular formula is C31H43NO5. The van der Waals surface area contributed by atoms with Gasteiger partial charge in [0.1, 0.15) is 6.10 Å². The molecule has 0 bridgehead atoms. The standard InChI is InChI=1S/C31H43NO5/c1-29-18-25(20-5-8-22(9-6-20)32(2)3)28-23-11-13-30(36-15-16-37-30)17-21(23)7-10-24(28)26(29)12-14-31(29,34)27(33)19-35-4/h5-6,8-9,17,24-27,33-34H,7,10-16,18-19H2,1-4H3/t24?,25-,26?,27?,29+,31+/m1/s1. The van der Waals surface area contributed by atoms with Crippen molar-refractivity contribution in [1.29, 1.82) is 0 Å². The fourth-order valence-corrected chi connectivity index (χ4v) is 8.67. The number of aliphatic hydroxyl groups is 2. The van der Waals surface area contributed by atoms with Crippen molar-refractivity contribution in [2.75, 3.05) is 45.9 Å². The Kier molecular flexibility index (Phi) is 6.36. The Bertz CT molecular complexity index is 1090. The molecule has 1 spiro atoms. The van der Waals surface area contributed by atoms with Gasteiger partial charge in [-0.2, -0.15) is 0 Å². The summed E-state index contributed by atoms with van der Waals surface area (Å²) in [6.07, 6.45) is 7.74. The number of aliphatic hydroxyl groups excluding tert-OH is 1. The first-order chi connectivity index (χ1) is 17.7. The van der Waals surface area contributed by atoms with Gasteiger partial charge in [0.15, 0.2) is 5.79 Å². The third-order valence-electron chi connectivity index (χ3n) is 10.6. The van der Waals surface area contributed by atoms with E-state index in [1.807, 2.05) is 0 Å². The summed E-state index contributed by atoms with van der Waals surface area (Å²) in [5.74, 6) is 0.434. The van der Waals surface area contributed by atoms with E-state index in [4.69, 9.17) is 14.2 Å². The lowest BCUT2D eigenvalue weighted by Gasteiger charge is -2.56. The van der Waals surface area contributed by atoms with E-state index in [9.17, 15) is 10.2 Å². The summed E-state index contributed by atoms with van der Waals surface area (Å²) in [6, 6.07) is 8.97. The van der Waals surface area contributed by atoms with Crippen LogP contribution < -0.4 is 4.90 Å². The molecule has 0 aromatic heterocycles. The van der Waals surface area contributed by atoms with E-state index >= 15 is 0 Å². The first-order valence-corrected chi connectivity index (χ1v) is 14.1. The predicted octanol–water partition coefficient (Wildman–Crippen LogP) is 4.56. The fourth-order valence-electron chi connectivity index (χ4n) is 8.67. The molecule has 1 saturated heterocycles. The Morgan fingerprint density at radius 2 is 1.81 bits per heavy atom. The minimum absolute atomic E-state index is 0.161. The summed E-state index contributed by atoms with van der Waals surface area (Å²) < 4.78 is 17.5. The second kappa shape index (κ2) is 9.20. The van der Waals surface area contributed by atoms with E-state index in [0.717, 1.165) is 38.5 Å². The van der Waals surface area contributed by atoms with E-state index in [0.29, 0.717) is 31.5 Å². The maximum atomic E-state index is 12.1. The molecule has 2 saturated carbocycles. The highest BCUT2D eigenvalue weighted by molar-refractivity contribution is 5.52. The molecule has 0 radical (unpaired) electrons. The zero-order chi connectivity index (χ0) is 26.0. The molecule has 1 aromatic rings. The number of methoxy groups -OCH3 is 1. The Balaban J connectivity index is 1.46. The van der Waals surface area contributed by atoms with Crippen LogP contribution in [0.5, 0.6) is 0 Å². The molecule has 4 aliphatic carbocycles. The third kappa shape index (κ3) is 3.86. The van der Waals surface area contributed by atoms with E-state index in [-0.39, 0.29) is 17.9 Å². The zero-order valence-corrected chi connectivity index (χ0v) is 22.8. The van der Waals surface area contributed by atoms with Gasteiger partial charge in [-0.15, -0.1) is 0 Å². The SMILES string of the molecule is COCC(O)[C@@]1(O)CCC2C3CCC4=CC5(CCC4=C3[C@@H](c3ccc(N(C)C)cc3)C[C@@]21C)OCCO5. The molecule has 0 amide bonds. The predicted molar refractivity (Wildman–Crippen MR) is 143 cm³/mol. The van der Waals surface area contributed by atoms with Gasteiger partial charge in [0.05, 0.1) is 25.4 Å². The lowest BCUT2D eigenvalue weighted by atomic mass is 9.50. The van der Waals surface area contributed by atoms with Gasteiger partial charge in [-0.25, -0.2) is 0 Å². The number of allylic oxidation sites excluding steroid dienone is 3. The lowest BCUT2D eigenvalue weighted by Crippen LogP contribution is -2.58. The molecule has 5 aliphatic rings. The van der Waals surface area contributed by atoms with Gasteiger partial charge >= 0.3 is 0 Å². The number of benzene rings is 1. The zero-order valence-electron chi connectivity index (χ0n) is 22.8. The average Bonchev–Trinajstić information content (AvgIpc) is 3.45. The second-order valence-corrected chi connectivity index (χ2v) is 12.5. The molecule has 1 aliphatic heterocycles. The second-order valence-electron chi connectivity index (χ2n) is 12.5. The summed E-state index contributed by atoms with van der Waals surface area (Å²) in [5.41, 5.74) is 5.45. The van der Waals surface area contributed by atoms with Crippen molar-refractivity contribution in [2.24, 2.45) is 17.3 Å². The molecule has 37 heavy (non-hydrogen) atoms.